The molecule has 4 rings (SSSR count). The van der Waals surface area contributed by atoms with Crippen LogP contribution in [0.3, 0.4) is 0 Å². The Labute approximate surface area is 196 Å². The zero-order valence-corrected chi connectivity index (χ0v) is 19.3. The summed E-state index contributed by atoms with van der Waals surface area (Å²) in [4.78, 5) is 14.0. The lowest BCUT2D eigenvalue weighted by atomic mass is 9.99. The monoisotopic (exact) mass is 469 g/mol. The largest absolute Gasteiger partial charge is 0.489 e. The topological polar surface area (TPSA) is 38.8 Å². The highest BCUT2D eigenvalue weighted by atomic mass is 19.4. The predicted octanol–water partition coefficient (Wildman–Crippen LogP) is 7.25. The first-order valence-corrected chi connectivity index (χ1v) is 11.0. The summed E-state index contributed by atoms with van der Waals surface area (Å²) in [5.41, 5.74) is 1.57. The second-order valence-corrected chi connectivity index (χ2v) is 9.20. The average molecular weight is 470 g/mol. The number of alkyl halides is 3. The van der Waals surface area contributed by atoms with Gasteiger partial charge in [-0.05, 0) is 68.1 Å². The van der Waals surface area contributed by atoms with Crippen molar-refractivity contribution in [1.29, 1.82) is 0 Å². The van der Waals surface area contributed by atoms with Gasteiger partial charge >= 0.3 is 12.3 Å². The number of nitrogens with zero attached hydrogens (tertiary/aromatic N) is 1. The Hall–Kier alpha value is -3.48. The van der Waals surface area contributed by atoms with E-state index in [0.29, 0.717) is 29.8 Å². The van der Waals surface area contributed by atoms with Gasteiger partial charge in [-0.25, -0.2) is 4.79 Å². The van der Waals surface area contributed by atoms with Crippen LogP contribution in [-0.4, -0.2) is 18.2 Å². The van der Waals surface area contributed by atoms with E-state index >= 15 is 0 Å². The molecule has 1 amide bonds. The summed E-state index contributed by atoms with van der Waals surface area (Å²) in [6.07, 6.45) is -4.31. The van der Waals surface area contributed by atoms with E-state index in [1.165, 1.54) is 6.07 Å². The van der Waals surface area contributed by atoms with Crippen LogP contribution in [0.5, 0.6) is 5.75 Å². The number of hydrogen-bond donors (Lipinski definition) is 0. The molecule has 0 aliphatic carbocycles. The van der Waals surface area contributed by atoms with E-state index in [1.807, 2.05) is 6.07 Å². The van der Waals surface area contributed by atoms with Crippen molar-refractivity contribution in [3.63, 3.8) is 0 Å². The smallest absolute Gasteiger partial charge is 0.416 e. The molecule has 1 heterocycles. The number of carbonyl (C=O) groups is 1. The first kappa shape index (κ1) is 23.7. The Kier molecular flexibility index (Phi) is 6.30. The third-order valence-electron chi connectivity index (χ3n) is 5.48. The molecule has 3 aromatic rings. The second-order valence-electron chi connectivity index (χ2n) is 9.20. The molecule has 0 aromatic heterocycles. The summed E-state index contributed by atoms with van der Waals surface area (Å²) in [6.45, 7) is 5.67. The molecule has 0 spiro atoms. The van der Waals surface area contributed by atoms with Gasteiger partial charge in [0.2, 0.25) is 0 Å². The minimum atomic E-state index is -4.50. The lowest BCUT2D eigenvalue weighted by molar-refractivity contribution is -0.138. The number of amides is 1. The van der Waals surface area contributed by atoms with Gasteiger partial charge in [0.05, 0.1) is 11.3 Å². The summed E-state index contributed by atoms with van der Waals surface area (Å²) >= 11 is 0. The maximum absolute atomic E-state index is 13.8. The van der Waals surface area contributed by atoms with Gasteiger partial charge in [-0.2, -0.15) is 13.2 Å². The van der Waals surface area contributed by atoms with Crippen LogP contribution in [0.4, 0.5) is 23.7 Å². The highest BCUT2D eigenvalue weighted by molar-refractivity contribution is 5.90. The lowest BCUT2D eigenvalue weighted by Crippen LogP contribution is -2.35. The van der Waals surface area contributed by atoms with Crippen molar-refractivity contribution >= 4 is 11.8 Å². The zero-order chi connectivity index (χ0) is 24.5. The van der Waals surface area contributed by atoms with Crippen LogP contribution in [0.1, 0.15) is 37.5 Å². The summed E-state index contributed by atoms with van der Waals surface area (Å²) in [5.74, 6) is 0.449. The van der Waals surface area contributed by atoms with E-state index < -0.39 is 23.4 Å². The third-order valence-corrected chi connectivity index (χ3v) is 5.48. The zero-order valence-electron chi connectivity index (χ0n) is 19.3. The molecular weight excluding hydrogens is 443 g/mol. The fourth-order valence-corrected chi connectivity index (χ4v) is 3.91. The van der Waals surface area contributed by atoms with Gasteiger partial charge in [0.25, 0.3) is 0 Å². The summed E-state index contributed by atoms with van der Waals surface area (Å²) in [6, 6.07) is 18.4. The van der Waals surface area contributed by atoms with Crippen LogP contribution in [0.2, 0.25) is 0 Å². The van der Waals surface area contributed by atoms with E-state index in [9.17, 15) is 18.0 Å². The van der Waals surface area contributed by atoms with Crippen molar-refractivity contribution in [2.45, 2.75) is 45.6 Å². The quantitative estimate of drug-likeness (QED) is 0.404. The molecule has 178 valence electrons. The van der Waals surface area contributed by atoms with E-state index in [-0.39, 0.29) is 12.2 Å². The Balaban J connectivity index is 1.51. The molecule has 7 heteroatoms. The maximum atomic E-state index is 13.8. The number of fused-ring (bicyclic) bond motifs is 1. The third kappa shape index (κ3) is 5.35. The molecule has 0 saturated carbocycles. The number of anilines is 1. The Morgan fingerprint density at radius 1 is 0.941 bits per heavy atom. The molecule has 1 aliphatic heterocycles. The van der Waals surface area contributed by atoms with Gasteiger partial charge < -0.3 is 9.47 Å². The van der Waals surface area contributed by atoms with Crippen molar-refractivity contribution < 1.29 is 27.4 Å². The van der Waals surface area contributed by atoms with Gasteiger partial charge in [-0.3, -0.25) is 4.90 Å². The van der Waals surface area contributed by atoms with E-state index in [1.54, 1.807) is 74.2 Å². The summed E-state index contributed by atoms with van der Waals surface area (Å²) in [7, 11) is 0. The standard InChI is InChI=1S/C27H26F3NO3/c1-26(2,3)34-25(32)31-14-13-20-15-22(11-12-24(20)31)33-17-21-10-9-19(16-23(21)27(28,29)30)18-7-5-4-6-8-18/h4-12,15-16H,13-14,17H2,1-3H3. The Morgan fingerprint density at radius 2 is 1.68 bits per heavy atom. The van der Waals surface area contributed by atoms with Crippen LogP contribution in [-0.2, 0) is 23.9 Å². The number of carbonyl (C=O) groups excluding carboxylic acids is 1. The van der Waals surface area contributed by atoms with Crippen LogP contribution in [0.15, 0.2) is 66.7 Å². The fraction of sp³-hybridized carbons (Fsp3) is 0.296. The lowest BCUT2D eigenvalue weighted by Gasteiger charge is -2.24. The van der Waals surface area contributed by atoms with Gasteiger partial charge in [0.1, 0.15) is 18.0 Å². The second kappa shape index (κ2) is 9.05. The van der Waals surface area contributed by atoms with Crippen molar-refractivity contribution in [3.8, 4) is 16.9 Å². The number of benzene rings is 3. The van der Waals surface area contributed by atoms with Crippen molar-refractivity contribution in [1.82, 2.24) is 0 Å². The minimum Gasteiger partial charge on any atom is -0.489 e. The molecule has 0 atom stereocenters. The number of rotatable bonds is 4. The summed E-state index contributed by atoms with van der Waals surface area (Å²) < 4.78 is 52.5. The van der Waals surface area contributed by atoms with Crippen LogP contribution < -0.4 is 9.64 Å². The molecule has 4 nitrogen and oxygen atoms in total. The SMILES string of the molecule is CC(C)(C)OC(=O)N1CCc2cc(OCc3ccc(-c4ccccc4)cc3C(F)(F)F)ccc21. The highest BCUT2D eigenvalue weighted by Crippen LogP contribution is 2.36. The fourth-order valence-electron chi connectivity index (χ4n) is 3.91. The summed E-state index contributed by atoms with van der Waals surface area (Å²) in [5, 5.41) is 0. The number of hydrogen-bond acceptors (Lipinski definition) is 3. The molecule has 0 N–H and O–H groups in total. The Bertz CT molecular complexity index is 1180. The first-order valence-electron chi connectivity index (χ1n) is 11.0. The molecule has 34 heavy (non-hydrogen) atoms. The van der Waals surface area contributed by atoms with Gasteiger partial charge in [0.15, 0.2) is 0 Å². The van der Waals surface area contributed by atoms with Crippen molar-refractivity contribution in [2.24, 2.45) is 0 Å². The van der Waals surface area contributed by atoms with Crippen LogP contribution >= 0.6 is 0 Å². The van der Waals surface area contributed by atoms with Gasteiger partial charge in [0, 0.05) is 12.1 Å². The predicted molar refractivity (Wildman–Crippen MR) is 125 cm³/mol. The first-order chi connectivity index (χ1) is 16.0. The van der Waals surface area contributed by atoms with Gasteiger partial charge in [-0.1, -0.05) is 42.5 Å². The molecule has 0 radical (unpaired) electrons. The van der Waals surface area contributed by atoms with Crippen LogP contribution in [0.25, 0.3) is 11.1 Å². The van der Waals surface area contributed by atoms with E-state index in [4.69, 9.17) is 9.47 Å². The molecule has 0 unspecified atom stereocenters. The van der Waals surface area contributed by atoms with Gasteiger partial charge in [-0.15, -0.1) is 0 Å². The molecule has 0 saturated heterocycles. The molecular formula is C27H26F3NO3. The maximum Gasteiger partial charge on any atom is 0.416 e. The van der Waals surface area contributed by atoms with Crippen molar-refractivity contribution in [2.75, 3.05) is 11.4 Å². The highest BCUT2D eigenvalue weighted by Gasteiger charge is 2.34. The number of halogens is 3. The van der Waals surface area contributed by atoms with E-state index in [0.717, 1.165) is 17.3 Å². The molecule has 0 fully saturated rings. The average Bonchev–Trinajstić information content (AvgIpc) is 3.20. The molecule has 1 aliphatic rings. The van der Waals surface area contributed by atoms with Crippen molar-refractivity contribution in [3.05, 3.63) is 83.4 Å². The Morgan fingerprint density at radius 3 is 2.35 bits per heavy atom. The number of ether oxygens (including phenoxy) is 2. The molecule has 3 aromatic carbocycles. The minimum absolute atomic E-state index is 0.0584. The van der Waals surface area contributed by atoms with E-state index in [2.05, 4.69) is 0 Å². The normalized spacial score (nSPS) is 13.5. The van der Waals surface area contributed by atoms with Crippen LogP contribution in [0, 0.1) is 0 Å². The molecule has 0 bridgehead atoms.